The molecule has 4 heteroatoms. The number of rotatable bonds is 12. The molecular weight excluding hydrogens is 412 g/mol. The average molecular weight is 457 g/mol. The van der Waals surface area contributed by atoms with Crippen LogP contribution < -0.4 is 4.74 Å². The molecule has 0 amide bonds. The second-order valence-corrected chi connectivity index (χ2v) is 9.92. The maximum atomic E-state index is 12.4. The highest BCUT2D eigenvalue weighted by atomic mass is 16.7. The second-order valence-electron chi connectivity index (χ2n) is 9.92. The van der Waals surface area contributed by atoms with Gasteiger partial charge in [0, 0.05) is 5.92 Å². The number of carbonyl (C=O) groups excluding carboxylic acids is 1. The van der Waals surface area contributed by atoms with Crippen molar-refractivity contribution in [2.75, 3.05) is 13.2 Å². The summed E-state index contributed by atoms with van der Waals surface area (Å²) in [4.78, 5) is 12.4. The molecule has 1 aromatic rings. The maximum Gasteiger partial charge on any atom is 0.368 e. The average Bonchev–Trinajstić information content (AvgIpc) is 2.86. The molecule has 33 heavy (non-hydrogen) atoms. The van der Waals surface area contributed by atoms with Crippen LogP contribution in [0.2, 0.25) is 0 Å². The van der Waals surface area contributed by atoms with Gasteiger partial charge in [-0.3, -0.25) is 0 Å². The Morgan fingerprint density at radius 1 is 0.879 bits per heavy atom. The van der Waals surface area contributed by atoms with Crippen molar-refractivity contribution in [3.63, 3.8) is 0 Å². The summed E-state index contributed by atoms with van der Waals surface area (Å²) < 4.78 is 16.8. The Bertz CT molecular complexity index is 695. The monoisotopic (exact) mass is 456 g/mol. The number of ether oxygens (including phenoxy) is 3. The molecule has 0 N–H and O–H groups in total. The summed E-state index contributed by atoms with van der Waals surface area (Å²) in [6.45, 7) is 5.54. The first kappa shape index (κ1) is 26.0. The van der Waals surface area contributed by atoms with Gasteiger partial charge in [-0.15, -0.1) is 0 Å². The highest BCUT2D eigenvalue weighted by Crippen LogP contribution is 2.31. The summed E-state index contributed by atoms with van der Waals surface area (Å²) in [6.07, 6.45) is 19.1. The fraction of sp³-hybridized carbons (Fsp3) is 0.690. The first-order valence-corrected chi connectivity index (χ1v) is 13.4. The third-order valence-corrected chi connectivity index (χ3v) is 7.20. The molecular formula is C29H44O4. The second kappa shape index (κ2) is 14.6. The van der Waals surface area contributed by atoms with Crippen molar-refractivity contribution >= 4 is 5.97 Å². The van der Waals surface area contributed by atoms with E-state index in [4.69, 9.17) is 14.2 Å². The Balaban J connectivity index is 1.32. The van der Waals surface area contributed by atoms with Gasteiger partial charge in [-0.05, 0) is 68.1 Å². The van der Waals surface area contributed by atoms with Crippen molar-refractivity contribution < 1.29 is 19.0 Å². The molecule has 0 atom stereocenters. The molecule has 184 valence electrons. The number of esters is 1. The van der Waals surface area contributed by atoms with Gasteiger partial charge in [0.25, 0.3) is 6.29 Å². The van der Waals surface area contributed by atoms with Crippen LogP contribution in [0.4, 0.5) is 0 Å². The van der Waals surface area contributed by atoms with Crippen LogP contribution in [0.3, 0.4) is 0 Å². The molecule has 1 heterocycles. The van der Waals surface area contributed by atoms with E-state index in [0.717, 1.165) is 12.3 Å². The van der Waals surface area contributed by atoms with Gasteiger partial charge in [0.05, 0.1) is 13.2 Å². The van der Waals surface area contributed by atoms with Crippen LogP contribution >= 0.6 is 0 Å². The predicted molar refractivity (Wildman–Crippen MR) is 133 cm³/mol. The lowest BCUT2D eigenvalue weighted by molar-refractivity contribution is -0.210. The number of hydrogen-bond donors (Lipinski definition) is 0. The summed E-state index contributed by atoms with van der Waals surface area (Å²) >= 11 is 0. The molecule has 0 aromatic heterocycles. The molecule has 1 aliphatic heterocycles. The van der Waals surface area contributed by atoms with Gasteiger partial charge in [0.15, 0.2) is 0 Å². The Hall–Kier alpha value is -1.65. The summed E-state index contributed by atoms with van der Waals surface area (Å²) in [6, 6.07) is 7.83. The summed E-state index contributed by atoms with van der Waals surface area (Å²) in [5, 5.41) is 0. The van der Waals surface area contributed by atoms with E-state index in [2.05, 4.69) is 26.0 Å². The number of benzene rings is 1. The first-order chi connectivity index (χ1) is 16.2. The molecule has 0 bridgehead atoms. The van der Waals surface area contributed by atoms with Gasteiger partial charge in [-0.2, -0.15) is 0 Å². The van der Waals surface area contributed by atoms with Crippen LogP contribution in [0, 0.1) is 17.8 Å². The van der Waals surface area contributed by atoms with E-state index >= 15 is 0 Å². The van der Waals surface area contributed by atoms with Crippen molar-refractivity contribution in [1.29, 1.82) is 0 Å². The zero-order valence-corrected chi connectivity index (χ0v) is 20.8. The van der Waals surface area contributed by atoms with Gasteiger partial charge in [0.2, 0.25) is 0 Å². The van der Waals surface area contributed by atoms with Crippen molar-refractivity contribution in [1.82, 2.24) is 0 Å². The Morgan fingerprint density at radius 3 is 2.18 bits per heavy atom. The van der Waals surface area contributed by atoms with Crippen LogP contribution in [0.5, 0.6) is 5.75 Å². The third kappa shape index (κ3) is 9.25. The van der Waals surface area contributed by atoms with E-state index in [0.29, 0.717) is 24.9 Å². The van der Waals surface area contributed by atoms with Crippen molar-refractivity contribution in [2.45, 2.75) is 97.2 Å². The number of carbonyl (C=O) groups is 1. The molecule has 2 aliphatic rings. The number of allylic oxidation sites excluding steroid dienone is 1. The third-order valence-electron chi connectivity index (χ3n) is 7.20. The standard InChI is InChI=1S/C29H44O4/c1-3-5-6-7-8-9-10-24-17-19-27(20-18-24)33-28(30)29-31-21-26(22-32-29)16-15-25-13-11-23(4-2)12-14-25/h15-20,23,25-26,29H,3-14,21-22H2,1-2H3. The van der Waals surface area contributed by atoms with Gasteiger partial charge in [0.1, 0.15) is 5.75 Å². The van der Waals surface area contributed by atoms with E-state index in [1.165, 1.54) is 76.2 Å². The number of hydrogen-bond acceptors (Lipinski definition) is 4. The Labute approximate surface area is 201 Å². The number of unbranched alkanes of at least 4 members (excludes halogenated alkanes) is 5. The Morgan fingerprint density at radius 2 is 1.52 bits per heavy atom. The molecule has 1 saturated carbocycles. The van der Waals surface area contributed by atoms with Crippen molar-refractivity contribution in [2.24, 2.45) is 17.8 Å². The highest BCUT2D eigenvalue weighted by Gasteiger charge is 2.29. The lowest BCUT2D eigenvalue weighted by Crippen LogP contribution is -2.39. The zero-order chi connectivity index (χ0) is 23.3. The fourth-order valence-electron chi connectivity index (χ4n) is 4.87. The van der Waals surface area contributed by atoms with E-state index in [-0.39, 0.29) is 5.92 Å². The quantitative estimate of drug-likeness (QED) is 0.144. The molecule has 2 fully saturated rings. The fourth-order valence-corrected chi connectivity index (χ4v) is 4.87. The SMILES string of the molecule is CCCCCCCCc1ccc(OC(=O)C2OCC(C=CC3CCC(CC)CC3)CO2)cc1. The van der Waals surface area contributed by atoms with E-state index in [9.17, 15) is 4.79 Å². The van der Waals surface area contributed by atoms with E-state index < -0.39 is 12.3 Å². The minimum Gasteiger partial charge on any atom is -0.423 e. The van der Waals surface area contributed by atoms with E-state index in [1.807, 2.05) is 24.3 Å². The van der Waals surface area contributed by atoms with Crippen LogP contribution in [0.25, 0.3) is 0 Å². The van der Waals surface area contributed by atoms with Gasteiger partial charge < -0.3 is 14.2 Å². The maximum absolute atomic E-state index is 12.4. The minimum absolute atomic E-state index is 0.208. The highest BCUT2D eigenvalue weighted by molar-refractivity contribution is 5.76. The lowest BCUT2D eigenvalue weighted by atomic mass is 9.80. The van der Waals surface area contributed by atoms with Crippen molar-refractivity contribution in [3.05, 3.63) is 42.0 Å². The number of aryl methyl sites for hydroxylation is 1. The predicted octanol–water partition coefficient (Wildman–Crippen LogP) is 7.26. The van der Waals surface area contributed by atoms with Crippen LogP contribution in [-0.4, -0.2) is 25.5 Å². The topological polar surface area (TPSA) is 44.8 Å². The summed E-state index contributed by atoms with van der Waals surface area (Å²) in [7, 11) is 0. The normalized spacial score (nSPS) is 25.9. The Kier molecular flexibility index (Phi) is 11.5. The van der Waals surface area contributed by atoms with Gasteiger partial charge >= 0.3 is 5.97 Å². The lowest BCUT2D eigenvalue weighted by Gasteiger charge is -2.28. The molecule has 0 unspecified atom stereocenters. The first-order valence-electron chi connectivity index (χ1n) is 13.4. The molecule has 1 aromatic carbocycles. The summed E-state index contributed by atoms with van der Waals surface area (Å²) in [5.41, 5.74) is 1.29. The van der Waals surface area contributed by atoms with Crippen LogP contribution in [-0.2, 0) is 20.7 Å². The van der Waals surface area contributed by atoms with Gasteiger partial charge in [-0.25, -0.2) is 4.79 Å². The van der Waals surface area contributed by atoms with Crippen LogP contribution in [0.1, 0.15) is 90.0 Å². The zero-order valence-electron chi connectivity index (χ0n) is 20.8. The molecule has 3 rings (SSSR count). The minimum atomic E-state index is -0.933. The molecule has 1 saturated heterocycles. The molecule has 1 aliphatic carbocycles. The molecule has 4 nitrogen and oxygen atoms in total. The largest absolute Gasteiger partial charge is 0.423 e. The molecule has 0 spiro atoms. The smallest absolute Gasteiger partial charge is 0.368 e. The molecule has 0 radical (unpaired) electrons. The summed E-state index contributed by atoms with van der Waals surface area (Å²) in [5.74, 6) is 1.88. The van der Waals surface area contributed by atoms with E-state index in [1.54, 1.807) is 0 Å². The van der Waals surface area contributed by atoms with Crippen molar-refractivity contribution in [3.8, 4) is 5.75 Å². The van der Waals surface area contributed by atoms with Crippen LogP contribution in [0.15, 0.2) is 36.4 Å². The van der Waals surface area contributed by atoms with Gasteiger partial charge in [-0.1, -0.05) is 76.7 Å².